The van der Waals surface area contributed by atoms with Crippen molar-refractivity contribution in [3.05, 3.63) is 59.2 Å². The zero-order valence-electron chi connectivity index (χ0n) is 9.94. The third kappa shape index (κ3) is 2.48. The van der Waals surface area contributed by atoms with Gasteiger partial charge < -0.3 is 5.32 Å². The standard InChI is InChI=1S/C15H11N3/c1-11-5-6-13(10-17)8-15(11)18-14-4-2-3-12(7-14)9-16/h2-8,18H,1H3. The molecule has 0 aliphatic heterocycles. The number of benzene rings is 2. The van der Waals surface area contributed by atoms with E-state index in [4.69, 9.17) is 10.5 Å². The SMILES string of the molecule is Cc1ccc(C#N)cc1Nc1cccc(C#N)c1. The first kappa shape index (κ1) is 11.7. The maximum absolute atomic E-state index is 8.88. The van der Waals surface area contributed by atoms with Crippen LogP contribution in [0.2, 0.25) is 0 Å². The van der Waals surface area contributed by atoms with Crippen LogP contribution in [0, 0.1) is 29.6 Å². The van der Waals surface area contributed by atoms with Crippen LogP contribution in [0.15, 0.2) is 42.5 Å². The monoisotopic (exact) mass is 233 g/mol. The molecule has 0 bridgehead atoms. The fourth-order valence-electron chi connectivity index (χ4n) is 1.65. The Morgan fingerprint density at radius 3 is 2.39 bits per heavy atom. The fraction of sp³-hybridized carbons (Fsp3) is 0.0667. The lowest BCUT2D eigenvalue weighted by Crippen LogP contribution is -1.94. The average Bonchev–Trinajstić information content (AvgIpc) is 2.41. The van der Waals surface area contributed by atoms with E-state index in [1.54, 1.807) is 24.3 Å². The number of hydrogen-bond acceptors (Lipinski definition) is 3. The lowest BCUT2D eigenvalue weighted by atomic mass is 10.1. The lowest BCUT2D eigenvalue weighted by Gasteiger charge is -2.10. The van der Waals surface area contributed by atoms with Crippen molar-refractivity contribution < 1.29 is 0 Å². The predicted octanol–water partition coefficient (Wildman–Crippen LogP) is 3.48. The van der Waals surface area contributed by atoms with Crippen LogP contribution in [0.25, 0.3) is 0 Å². The summed E-state index contributed by atoms with van der Waals surface area (Å²) in [5.74, 6) is 0. The highest BCUT2D eigenvalue weighted by Crippen LogP contribution is 2.22. The van der Waals surface area contributed by atoms with Gasteiger partial charge in [0.1, 0.15) is 0 Å². The van der Waals surface area contributed by atoms with Crippen molar-refractivity contribution in [1.82, 2.24) is 0 Å². The molecule has 0 aromatic heterocycles. The normalized spacial score (nSPS) is 9.28. The van der Waals surface area contributed by atoms with Crippen LogP contribution >= 0.6 is 0 Å². The topological polar surface area (TPSA) is 59.6 Å². The Morgan fingerprint density at radius 1 is 0.944 bits per heavy atom. The summed E-state index contributed by atoms with van der Waals surface area (Å²) in [4.78, 5) is 0. The van der Waals surface area contributed by atoms with E-state index in [0.717, 1.165) is 16.9 Å². The van der Waals surface area contributed by atoms with Gasteiger partial charge in [-0.2, -0.15) is 10.5 Å². The number of rotatable bonds is 2. The molecule has 3 heteroatoms. The predicted molar refractivity (Wildman–Crippen MR) is 70.3 cm³/mol. The highest BCUT2D eigenvalue weighted by atomic mass is 14.9. The van der Waals surface area contributed by atoms with E-state index in [-0.39, 0.29) is 0 Å². The van der Waals surface area contributed by atoms with E-state index < -0.39 is 0 Å². The molecular formula is C15H11N3. The molecule has 0 fully saturated rings. The van der Waals surface area contributed by atoms with Crippen LogP contribution < -0.4 is 5.32 Å². The maximum atomic E-state index is 8.88. The smallest absolute Gasteiger partial charge is 0.0992 e. The molecular weight excluding hydrogens is 222 g/mol. The molecule has 0 radical (unpaired) electrons. The first-order valence-electron chi connectivity index (χ1n) is 5.51. The summed E-state index contributed by atoms with van der Waals surface area (Å²) in [6.07, 6.45) is 0. The van der Waals surface area contributed by atoms with Crippen molar-refractivity contribution in [3.8, 4) is 12.1 Å². The second-order valence-corrected chi connectivity index (χ2v) is 3.96. The van der Waals surface area contributed by atoms with Crippen LogP contribution in [-0.2, 0) is 0 Å². The van der Waals surface area contributed by atoms with E-state index in [1.165, 1.54) is 0 Å². The fourth-order valence-corrected chi connectivity index (χ4v) is 1.65. The van der Waals surface area contributed by atoms with Crippen LogP contribution in [0.4, 0.5) is 11.4 Å². The van der Waals surface area contributed by atoms with Gasteiger partial charge in [0.25, 0.3) is 0 Å². The molecule has 0 aliphatic rings. The van der Waals surface area contributed by atoms with Gasteiger partial charge in [0, 0.05) is 11.4 Å². The van der Waals surface area contributed by atoms with Gasteiger partial charge in [0.15, 0.2) is 0 Å². The summed E-state index contributed by atoms with van der Waals surface area (Å²) >= 11 is 0. The zero-order chi connectivity index (χ0) is 13.0. The maximum Gasteiger partial charge on any atom is 0.0992 e. The number of anilines is 2. The van der Waals surface area contributed by atoms with Crippen LogP contribution in [0.1, 0.15) is 16.7 Å². The molecule has 2 aromatic rings. The van der Waals surface area contributed by atoms with Gasteiger partial charge in [0.05, 0.1) is 23.3 Å². The van der Waals surface area contributed by atoms with Crippen molar-refractivity contribution in [2.45, 2.75) is 6.92 Å². The molecule has 0 saturated carbocycles. The zero-order valence-corrected chi connectivity index (χ0v) is 9.94. The molecule has 3 nitrogen and oxygen atoms in total. The Balaban J connectivity index is 2.34. The summed E-state index contributed by atoms with van der Waals surface area (Å²) < 4.78 is 0. The van der Waals surface area contributed by atoms with Crippen LogP contribution in [-0.4, -0.2) is 0 Å². The Hall–Kier alpha value is -2.78. The molecule has 2 rings (SSSR count). The molecule has 0 heterocycles. The Morgan fingerprint density at radius 2 is 1.67 bits per heavy atom. The molecule has 0 amide bonds. The van der Waals surface area contributed by atoms with E-state index in [2.05, 4.69) is 17.5 Å². The molecule has 86 valence electrons. The molecule has 2 aromatic carbocycles. The highest BCUT2D eigenvalue weighted by molar-refractivity contribution is 5.65. The third-order valence-corrected chi connectivity index (χ3v) is 2.64. The summed E-state index contributed by atoms with van der Waals surface area (Å²) in [6, 6.07) is 16.9. The third-order valence-electron chi connectivity index (χ3n) is 2.64. The average molecular weight is 233 g/mol. The van der Waals surface area contributed by atoms with Gasteiger partial charge >= 0.3 is 0 Å². The summed E-state index contributed by atoms with van der Waals surface area (Å²) in [6.45, 7) is 1.97. The van der Waals surface area contributed by atoms with E-state index >= 15 is 0 Å². The van der Waals surface area contributed by atoms with Gasteiger partial charge in [-0.1, -0.05) is 12.1 Å². The molecule has 18 heavy (non-hydrogen) atoms. The van der Waals surface area contributed by atoms with E-state index in [9.17, 15) is 0 Å². The minimum Gasteiger partial charge on any atom is -0.355 e. The number of nitriles is 2. The van der Waals surface area contributed by atoms with Gasteiger partial charge in [-0.3, -0.25) is 0 Å². The van der Waals surface area contributed by atoms with Gasteiger partial charge in [-0.05, 0) is 42.8 Å². The van der Waals surface area contributed by atoms with Crippen molar-refractivity contribution in [2.24, 2.45) is 0 Å². The first-order chi connectivity index (χ1) is 8.72. The van der Waals surface area contributed by atoms with Gasteiger partial charge in [0.2, 0.25) is 0 Å². The Labute approximate surface area is 106 Å². The number of hydrogen-bond donors (Lipinski definition) is 1. The van der Waals surface area contributed by atoms with Crippen molar-refractivity contribution in [2.75, 3.05) is 5.32 Å². The molecule has 0 aliphatic carbocycles. The highest BCUT2D eigenvalue weighted by Gasteiger charge is 2.01. The van der Waals surface area contributed by atoms with Crippen molar-refractivity contribution >= 4 is 11.4 Å². The first-order valence-corrected chi connectivity index (χ1v) is 5.51. The van der Waals surface area contributed by atoms with Gasteiger partial charge in [-0.15, -0.1) is 0 Å². The summed E-state index contributed by atoms with van der Waals surface area (Å²) in [7, 11) is 0. The minimum atomic E-state index is 0.606. The van der Waals surface area contributed by atoms with Crippen LogP contribution in [0.5, 0.6) is 0 Å². The number of nitrogens with zero attached hydrogens (tertiary/aromatic N) is 2. The lowest BCUT2D eigenvalue weighted by molar-refractivity contribution is 1.40. The minimum absolute atomic E-state index is 0.606. The van der Waals surface area contributed by atoms with Crippen molar-refractivity contribution in [1.29, 1.82) is 10.5 Å². The molecule has 1 N–H and O–H groups in total. The largest absolute Gasteiger partial charge is 0.355 e. The quantitative estimate of drug-likeness (QED) is 0.863. The number of aryl methyl sites for hydroxylation is 1. The summed E-state index contributed by atoms with van der Waals surface area (Å²) in [5, 5.41) is 20.9. The molecule has 0 atom stereocenters. The van der Waals surface area contributed by atoms with Crippen molar-refractivity contribution in [3.63, 3.8) is 0 Å². The Bertz CT molecular complexity index is 660. The second kappa shape index (κ2) is 5.03. The Kier molecular flexibility index (Phi) is 3.27. The molecule has 0 unspecified atom stereocenters. The number of nitrogens with one attached hydrogen (secondary N) is 1. The molecule has 0 spiro atoms. The van der Waals surface area contributed by atoms with E-state index in [0.29, 0.717) is 11.1 Å². The molecule has 0 saturated heterocycles. The van der Waals surface area contributed by atoms with Gasteiger partial charge in [-0.25, -0.2) is 0 Å². The summed E-state index contributed by atoms with van der Waals surface area (Å²) in [5.41, 5.74) is 3.99. The van der Waals surface area contributed by atoms with E-state index in [1.807, 2.05) is 25.1 Å². The van der Waals surface area contributed by atoms with Crippen LogP contribution in [0.3, 0.4) is 0 Å². The second-order valence-electron chi connectivity index (χ2n) is 3.96.